The van der Waals surface area contributed by atoms with Crippen LogP contribution in [0, 0.1) is 0 Å². The minimum absolute atomic E-state index is 0.343. The summed E-state index contributed by atoms with van der Waals surface area (Å²) in [6.07, 6.45) is 7.53. The molecule has 1 N–H and O–H groups in total. The van der Waals surface area contributed by atoms with Crippen LogP contribution in [0.4, 0.5) is 5.69 Å². The number of rotatable bonds is 9. The highest BCUT2D eigenvalue weighted by Gasteiger charge is 2.08. The van der Waals surface area contributed by atoms with E-state index in [4.69, 9.17) is 16.3 Å². The number of anilines is 1. The van der Waals surface area contributed by atoms with Gasteiger partial charge in [0.1, 0.15) is 0 Å². The normalized spacial score (nSPS) is 10.3. The largest absolute Gasteiger partial charge is 0.465 e. The van der Waals surface area contributed by atoms with Crippen LogP contribution >= 0.6 is 11.6 Å². The fraction of sp³-hybridized carbons (Fsp3) is 0.562. The smallest absolute Gasteiger partial charge is 0.337 e. The Morgan fingerprint density at radius 2 is 1.90 bits per heavy atom. The number of ether oxygens (including phenoxy) is 1. The van der Waals surface area contributed by atoms with Gasteiger partial charge in [-0.15, -0.1) is 0 Å². The average Bonchev–Trinajstić information content (AvgIpc) is 2.47. The van der Waals surface area contributed by atoms with Gasteiger partial charge in [0.2, 0.25) is 0 Å². The third-order valence-electron chi connectivity index (χ3n) is 3.23. The van der Waals surface area contributed by atoms with Crippen molar-refractivity contribution in [2.75, 3.05) is 19.0 Å². The third kappa shape index (κ3) is 5.83. The van der Waals surface area contributed by atoms with Crippen molar-refractivity contribution in [2.45, 2.75) is 45.4 Å². The summed E-state index contributed by atoms with van der Waals surface area (Å²) < 4.78 is 4.70. The highest BCUT2D eigenvalue weighted by molar-refractivity contribution is 6.33. The predicted octanol–water partition coefficient (Wildman–Crippen LogP) is 4.90. The number of benzene rings is 1. The molecule has 0 radical (unpaired) electrons. The molecule has 0 spiro atoms. The Balaban J connectivity index is 2.37. The van der Waals surface area contributed by atoms with Gasteiger partial charge in [-0.3, -0.25) is 0 Å². The first-order valence-corrected chi connectivity index (χ1v) is 7.68. The zero-order valence-electron chi connectivity index (χ0n) is 12.4. The van der Waals surface area contributed by atoms with Crippen LogP contribution < -0.4 is 5.32 Å². The molecule has 20 heavy (non-hydrogen) atoms. The van der Waals surface area contributed by atoms with E-state index in [-0.39, 0.29) is 5.97 Å². The molecule has 0 fully saturated rings. The summed E-state index contributed by atoms with van der Waals surface area (Å²) in [6, 6.07) is 5.13. The van der Waals surface area contributed by atoms with Crippen LogP contribution in [0.1, 0.15) is 55.8 Å². The van der Waals surface area contributed by atoms with Crippen molar-refractivity contribution in [1.29, 1.82) is 0 Å². The van der Waals surface area contributed by atoms with E-state index in [1.807, 2.05) is 0 Å². The Kier molecular flexibility index (Phi) is 8.12. The molecule has 1 rings (SSSR count). The molecule has 0 saturated heterocycles. The standard InChI is InChI=1S/C16H24ClNO2/c1-3-4-5-6-7-8-11-18-15-12-13(16(19)20-2)9-10-14(15)17/h9-10,12,18H,3-8,11H2,1-2H3. The van der Waals surface area contributed by atoms with E-state index in [0.717, 1.165) is 18.7 Å². The quantitative estimate of drug-likeness (QED) is 0.520. The van der Waals surface area contributed by atoms with E-state index in [1.165, 1.54) is 39.2 Å². The summed E-state index contributed by atoms with van der Waals surface area (Å²) in [4.78, 5) is 11.5. The summed E-state index contributed by atoms with van der Waals surface area (Å²) in [7, 11) is 1.38. The van der Waals surface area contributed by atoms with Crippen molar-refractivity contribution >= 4 is 23.3 Å². The molecule has 0 unspecified atom stereocenters. The number of hydrogen-bond donors (Lipinski definition) is 1. The van der Waals surface area contributed by atoms with Crippen molar-refractivity contribution in [3.63, 3.8) is 0 Å². The maximum absolute atomic E-state index is 11.5. The van der Waals surface area contributed by atoms with Gasteiger partial charge in [0.15, 0.2) is 0 Å². The number of nitrogens with one attached hydrogen (secondary N) is 1. The van der Waals surface area contributed by atoms with Crippen LogP contribution in [0.15, 0.2) is 18.2 Å². The minimum Gasteiger partial charge on any atom is -0.465 e. The molecule has 1 aromatic rings. The molecule has 0 atom stereocenters. The van der Waals surface area contributed by atoms with Crippen molar-refractivity contribution in [3.05, 3.63) is 28.8 Å². The van der Waals surface area contributed by atoms with Gasteiger partial charge >= 0.3 is 5.97 Å². The second-order valence-corrected chi connectivity index (χ2v) is 5.29. The molecular formula is C16H24ClNO2. The van der Waals surface area contributed by atoms with Crippen LogP contribution in [-0.2, 0) is 4.74 Å². The van der Waals surface area contributed by atoms with Gasteiger partial charge in [-0.1, -0.05) is 50.6 Å². The van der Waals surface area contributed by atoms with Gasteiger partial charge in [0.05, 0.1) is 23.4 Å². The maximum Gasteiger partial charge on any atom is 0.337 e. The third-order valence-corrected chi connectivity index (χ3v) is 3.56. The Labute approximate surface area is 126 Å². The topological polar surface area (TPSA) is 38.3 Å². The molecule has 112 valence electrons. The number of esters is 1. The Morgan fingerprint density at radius 1 is 1.20 bits per heavy atom. The van der Waals surface area contributed by atoms with Gasteiger partial charge in [0.25, 0.3) is 0 Å². The van der Waals surface area contributed by atoms with Crippen LogP contribution in [-0.4, -0.2) is 19.6 Å². The number of methoxy groups -OCH3 is 1. The maximum atomic E-state index is 11.5. The first-order chi connectivity index (χ1) is 9.69. The monoisotopic (exact) mass is 297 g/mol. The van der Waals surface area contributed by atoms with Gasteiger partial charge in [-0.05, 0) is 24.6 Å². The van der Waals surface area contributed by atoms with Gasteiger partial charge in [-0.2, -0.15) is 0 Å². The summed E-state index contributed by atoms with van der Waals surface area (Å²) >= 11 is 6.11. The minimum atomic E-state index is -0.343. The molecule has 1 aromatic carbocycles. The summed E-state index contributed by atoms with van der Waals surface area (Å²) in [6.45, 7) is 3.09. The van der Waals surface area contributed by atoms with Crippen LogP contribution in [0.2, 0.25) is 5.02 Å². The highest BCUT2D eigenvalue weighted by atomic mass is 35.5. The second-order valence-electron chi connectivity index (χ2n) is 4.88. The number of carbonyl (C=O) groups excluding carboxylic acids is 1. The molecule has 0 aliphatic rings. The number of hydrogen-bond acceptors (Lipinski definition) is 3. The lowest BCUT2D eigenvalue weighted by molar-refractivity contribution is 0.0601. The molecule has 0 bridgehead atoms. The highest BCUT2D eigenvalue weighted by Crippen LogP contribution is 2.23. The number of halogens is 1. The van der Waals surface area contributed by atoms with Crippen molar-refractivity contribution in [1.82, 2.24) is 0 Å². The van der Waals surface area contributed by atoms with Gasteiger partial charge in [0, 0.05) is 6.54 Å². The Morgan fingerprint density at radius 3 is 2.60 bits per heavy atom. The first kappa shape index (κ1) is 16.8. The molecule has 0 aromatic heterocycles. The number of carbonyl (C=O) groups is 1. The molecular weight excluding hydrogens is 274 g/mol. The molecule has 4 heteroatoms. The SMILES string of the molecule is CCCCCCCCNc1cc(C(=O)OC)ccc1Cl. The predicted molar refractivity (Wildman–Crippen MR) is 84.7 cm³/mol. The molecule has 0 aliphatic heterocycles. The van der Waals surface area contributed by atoms with E-state index in [9.17, 15) is 4.79 Å². The first-order valence-electron chi connectivity index (χ1n) is 7.30. The molecule has 0 heterocycles. The van der Waals surface area contributed by atoms with Crippen molar-refractivity contribution in [2.24, 2.45) is 0 Å². The molecule has 0 saturated carbocycles. The lowest BCUT2D eigenvalue weighted by Crippen LogP contribution is -2.05. The van der Waals surface area contributed by atoms with E-state index >= 15 is 0 Å². The van der Waals surface area contributed by atoms with Crippen LogP contribution in [0.25, 0.3) is 0 Å². The lowest BCUT2D eigenvalue weighted by Gasteiger charge is -2.10. The zero-order valence-corrected chi connectivity index (χ0v) is 13.1. The van der Waals surface area contributed by atoms with E-state index in [1.54, 1.807) is 18.2 Å². The summed E-state index contributed by atoms with van der Waals surface area (Å²) in [5.74, 6) is -0.343. The molecule has 0 amide bonds. The number of unbranched alkanes of at least 4 members (excludes halogenated alkanes) is 5. The fourth-order valence-electron chi connectivity index (χ4n) is 2.03. The summed E-state index contributed by atoms with van der Waals surface area (Å²) in [5.41, 5.74) is 1.31. The average molecular weight is 298 g/mol. The molecule has 3 nitrogen and oxygen atoms in total. The zero-order chi connectivity index (χ0) is 14.8. The Bertz CT molecular complexity index is 421. The Hall–Kier alpha value is -1.22. The van der Waals surface area contributed by atoms with Gasteiger partial charge < -0.3 is 10.1 Å². The summed E-state index contributed by atoms with van der Waals surface area (Å²) in [5, 5.41) is 3.91. The van der Waals surface area contributed by atoms with Crippen LogP contribution in [0.3, 0.4) is 0 Å². The van der Waals surface area contributed by atoms with Crippen LogP contribution in [0.5, 0.6) is 0 Å². The fourth-order valence-corrected chi connectivity index (χ4v) is 2.22. The van der Waals surface area contributed by atoms with Gasteiger partial charge in [-0.25, -0.2) is 4.79 Å². The second kappa shape index (κ2) is 9.65. The lowest BCUT2D eigenvalue weighted by atomic mass is 10.1. The molecule has 0 aliphatic carbocycles. The van der Waals surface area contributed by atoms with Crippen molar-refractivity contribution in [3.8, 4) is 0 Å². The van der Waals surface area contributed by atoms with E-state index in [0.29, 0.717) is 10.6 Å². The van der Waals surface area contributed by atoms with E-state index < -0.39 is 0 Å². The van der Waals surface area contributed by atoms with Crippen molar-refractivity contribution < 1.29 is 9.53 Å². The van der Waals surface area contributed by atoms with E-state index in [2.05, 4.69) is 12.2 Å².